The molecular formula is C27H36N4O3S2. The van der Waals surface area contributed by atoms with E-state index in [0.717, 1.165) is 30.8 Å². The number of hydrogen-bond donors (Lipinski definition) is 3. The summed E-state index contributed by atoms with van der Waals surface area (Å²) >= 11 is 1.55. The van der Waals surface area contributed by atoms with Gasteiger partial charge in [-0.2, -0.15) is 0 Å². The van der Waals surface area contributed by atoms with Crippen molar-refractivity contribution in [3.63, 3.8) is 0 Å². The Morgan fingerprint density at radius 1 is 0.944 bits per heavy atom. The fraction of sp³-hybridized carbons (Fsp3) is 0.333. The molecule has 7 nitrogen and oxygen atoms in total. The van der Waals surface area contributed by atoms with Crippen LogP contribution in [0.2, 0.25) is 0 Å². The molecule has 1 atom stereocenters. The van der Waals surface area contributed by atoms with Gasteiger partial charge in [0.1, 0.15) is 9.84 Å². The number of hydrogen-bond acceptors (Lipinski definition) is 7. The van der Waals surface area contributed by atoms with E-state index in [0.29, 0.717) is 6.54 Å². The second-order valence-corrected chi connectivity index (χ2v) is 11.5. The van der Waals surface area contributed by atoms with Gasteiger partial charge in [-0.1, -0.05) is 79.5 Å². The van der Waals surface area contributed by atoms with Gasteiger partial charge < -0.3 is 10.6 Å². The predicted octanol–water partition coefficient (Wildman–Crippen LogP) is 4.10. The number of rotatable bonds is 13. The Hall–Kier alpha value is -2.88. The summed E-state index contributed by atoms with van der Waals surface area (Å²) in [5.74, 6) is 1.09. The summed E-state index contributed by atoms with van der Waals surface area (Å²) < 4.78 is 23.2. The minimum atomic E-state index is -2.66. The molecule has 3 rings (SSSR count). The highest BCUT2D eigenvalue weighted by atomic mass is 32.2. The quantitative estimate of drug-likeness (QED) is 0.227. The van der Waals surface area contributed by atoms with Crippen LogP contribution in [0.3, 0.4) is 0 Å². The van der Waals surface area contributed by atoms with Crippen molar-refractivity contribution in [2.75, 3.05) is 30.4 Å². The summed E-state index contributed by atoms with van der Waals surface area (Å²) in [7, 11) is -2.66. The second-order valence-electron chi connectivity index (χ2n) is 8.22. The van der Waals surface area contributed by atoms with Crippen LogP contribution in [-0.4, -0.2) is 50.4 Å². The zero-order valence-electron chi connectivity index (χ0n) is 20.9. The van der Waals surface area contributed by atoms with Crippen LogP contribution in [0.15, 0.2) is 85.2 Å². The molecule has 0 aliphatic carbocycles. The van der Waals surface area contributed by atoms with Crippen LogP contribution in [0, 0.1) is 0 Å². The normalized spacial score (nSPS) is 11.6. The van der Waals surface area contributed by atoms with E-state index in [2.05, 4.69) is 44.6 Å². The van der Waals surface area contributed by atoms with Gasteiger partial charge in [-0.3, -0.25) is 14.5 Å². The standard InChI is InChI=1S/C24H28N4OS.C3H8O2S/c29-24(18-27-30-19-21-9-5-2-6-10-21)28-23(17-20-7-3-1-4-8-20)13-16-26-22-11-14-25-15-12-22;1-3-6(2,4)5/h1-12,14-15,23,27H,13,16-19H2,(H,25,26)(H,28,29);3H2,1-2H3. The molecule has 3 aromatic rings. The van der Waals surface area contributed by atoms with Crippen molar-refractivity contribution in [1.82, 2.24) is 15.0 Å². The molecule has 0 bridgehead atoms. The van der Waals surface area contributed by atoms with Crippen molar-refractivity contribution in [3.05, 3.63) is 96.3 Å². The Kier molecular flexibility index (Phi) is 13.6. The van der Waals surface area contributed by atoms with Crippen molar-refractivity contribution in [2.45, 2.75) is 31.6 Å². The van der Waals surface area contributed by atoms with E-state index in [1.54, 1.807) is 31.3 Å². The van der Waals surface area contributed by atoms with Crippen molar-refractivity contribution in [2.24, 2.45) is 0 Å². The lowest BCUT2D eigenvalue weighted by Crippen LogP contribution is -2.41. The molecule has 9 heteroatoms. The van der Waals surface area contributed by atoms with Gasteiger partial charge in [-0.05, 0) is 36.1 Å². The first-order chi connectivity index (χ1) is 17.4. The van der Waals surface area contributed by atoms with Gasteiger partial charge in [0, 0.05) is 48.4 Å². The van der Waals surface area contributed by atoms with E-state index in [-0.39, 0.29) is 17.7 Å². The zero-order valence-corrected chi connectivity index (χ0v) is 22.5. The number of nitrogens with zero attached hydrogens (tertiary/aromatic N) is 1. The lowest BCUT2D eigenvalue weighted by atomic mass is 10.0. The summed E-state index contributed by atoms with van der Waals surface area (Å²) in [6.07, 6.45) is 6.39. The first kappa shape index (κ1) is 29.4. The topological polar surface area (TPSA) is 100 Å². The molecule has 36 heavy (non-hydrogen) atoms. The number of pyridine rings is 1. The number of carbonyl (C=O) groups excluding carboxylic acids is 1. The predicted molar refractivity (Wildman–Crippen MR) is 151 cm³/mol. The molecule has 0 spiro atoms. The maximum atomic E-state index is 12.5. The fourth-order valence-corrected chi connectivity index (χ4v) is 3.78. The van der Waals surface area contributed by atoms with Crippen molar-refractivity contribution in [3.8, 4) is 0 Å². The molecule has 0 radical (unpaired) electrons. The molecule has 0 saturated heterocycles. The summed E-state index contributed by atoms with van der Waals surface area (Å²) in [4.78, 5) is 16.5. The highest BCUT2D eigenvalue weighted by Crippen LogP contribution is 2.10. The lowest BCUT2D eigenvalue weighted by molar-refractivity contribution is -0.120. The minimum absolute atomic E-state index is 0.0143. The lowest BCUT2D eigenvalue weighted by Gasteiger charge is -2.20. The number of nitrogens with one attached hydrogen (secondary N) is 3. The van der Waals surface area contributed by atoms with Gasteiger partial charge in [0.15, 0.2) is 0 Å². The monoisotopic (exact) mass is 528 g/mol. The molecule has 3 N–H and O–H groups in total. The van der Waals surface area contributed by atoms with Gasteiger partial charge in [0.2, 0.25) is 5.91 Å². The number of aromatic nitrogens is 1. The van der Waals surface area contributed by atoms with Crippen LogP contribution in [0.25, 0.3) is 0 Å². The van der Waals surface area contributed by atoms with E-state index in [1.807, 2.05) is 48.5 Å². The highest BCUT2D eigenvalue weighted by Gasteiger charge is 2.13. The van der Waals surface area contributed by atoms with E-state index >= 15 is 0 Å². The third-order valence-corrected chi connectivity index (χ3v) is 7.01. The van der Waals surface area contributed by atoms with E-state index in [1.165, 1.54) is 17.4 Å². The molecular weight excluding hydrogens is 492 g/mol. The van der Waals surface area contributed by atoms with Crippen LogP contribution in [0.1, 0.15) is 24.5 Å². The zero-order chi connectivity index (χ0) is 26.1. The van der Waals surface area contributed by atoms with Crippen molar-refractivity contribution in [1.29, 1.82) is 0 Å². The molecule has 1 aromatic heterocycles. The summed E-state index contributed by atoms with van der Waals surface area (Å²) in [6, 6.07) is 24.5. The van der Waals surface area contributed by atoms with Crippen LogP contribution >= 0.6 is 11.9 Å². The summed E-state index contributed by atoms with van der Waals surface area (Å²) in [5, 5.41) is 6.58. The average Bonchev–Trinajstić information content (AvgIpc) is 2.88. The molecule has 0 aliphatic rings. The Morgan fingerprint density at radius 3 is 2.11 bits per heavy atom. The second kappa shape index (κ2) is 16.7. The average molecular weight is 529 g/mol. The summed E-state index contributed by atoms with van der Waals surface area (Å²) in [5.41, 5.74) is 3.49. The van der Waals surface area contributed by atoms with Crippen LogP contribution in [-0.2, 0) is 26.8 Å². The maximum Gasteiger partial charge on any atom is 0.235 e. The van der Waals surface area contributed by atoms with Gasteiger partial charge >= 0.3 is 0 Å². The molecule has 1 heterocycles. The third kappa shape index (κ3) is 13.9. The van der Waals surface area contributed by atoms with Gasteiger partial charge in [-0.15, -0.1) is 0 Å². The van der Waals surface area contributed by atoms with E-state index in [9.17, 15) is 13.2 Å². The smallest absolute Gasteiger partial charge is 0.235 e. The SMILES string of the molecule is CCS(C)(=O)=O.O=C(CNSCc1ccccc1)NC(CCNc1ccncc1)Cc1ccccc1. The van der Waals surface area contributed by atoms with Crippen molar-refractivity contribution >= 4 is 33.4 Å². The van der Waals surface area contributed by atoms with Crippen molar-refractivity contribution < 1.29 is 13.2 Å². The number of benzene rings is 2. The molecule has 0 fully saturated rings. The first-order valence-corrected chi connectivity index (χ1v) is 14.9. The van der Waals surface area contributed by atoms with Gasteiger partial charge in [0.05, 0.1) is 6.54 Å². The minimum Gasteiger partial charge on any atom is -0.385 e. The van der Waals surface area contributed by atoms with Crippen LogP contribution in [0.5, 0.6) is 0 Å². The molecule has 1 amide bonds. The molecule has 194 valence electrons. The number of carbonyl (C=O) groups is 1. The molecule has 1 unspecified atom stereocenters. The van der Waals surface area contributed by atoms with Gasteiger partial charge in [0.25, 0.3) is 0 Å². The molecule has 0 saturated carbocycles. The van der Waals surface area contributed by atoms with Gasteiger partial charge in [-0.25, -0.2) is 8.42 Å². The third-order valence-electron chi connectivity index (χ3n) is 5.13. The molecule has 0 aliphatic heterocycles. The van der Waals surface area contributed by atoms with E-state index < -0.39 is 9.84 Å². The van der Waals surface area contributed by atoms with Crippen LogP contribution < -0.4 is 15.4 Å². The first-order valence-electron chi connectivity index (χ1n) is 11.9. The summed E-state index contributed by atoms with van der Waals surface area (Å²) in [6.45, 7) is 2.69. The Bertz CT molecular complexity index is 1100. The molecule has 2 aromatic carbocycles. The largest absolute Gasteiger partial charge is 0.385 e. The highest BCUT2D eigenvalue weighted by molar-refractivity contribution is 7.96. The number of sulfone groups is 1. The Labute approximate surface area is 219 Å². The fourth-order valence-electron chi connectivity index (χ4n) is 3.09. The number of anilines is 1. The van der Waals surface area contributed by atoms with E-state index in [4.69, 9.17) is 0 Å². The Balaban J connectivity index is 0.000000678. The maximum absolute atomic E-state index is 12.5. The van der Waals surface area contributed by atoms with Crippen LogP contribution in [0.4, 0.5) is 5.69 Å². The number of amides is 1. The Morgan fingerprint density at radius 2 is 1.53 bits per heavy atom.